The van der Waals surface area contributed by atoms with Gasteiger partial charge in [0.05, 0.1) is 5.56 Å². The van der Waals surface area contributed by atoms with Crippen LogP contribution in [0.15, 0.2) is 42.6 Å². The van der Waals surface area contributed by atoms with Crippen LogP contribution < -0.4 is 10.1 Å². The van der Waals surface area contributed by atoms with E-state index in [9.17, 15) is 23.1 Å². The Morgan fingerprint density at radius 1 is 1.29 bits per heavy atom. The van der Waals surface area contributed by atoms with Crippen LogP contribution >= 0.6 is 0 Å². The SMILES string of the molecule is Cn1cccc1C(=O)NCC(O)COc1ccc(C(F)(F)F)cc1. The fourth-order valence-electron chi connectivity index (χ4n) is 1.99. The van der Waals surface area contributed by atoms with Crippen LogP contribution in [-0.4, -0.2) is 34.8 Å². The maximum atomic E-state index is 12.4. The van der Waals surface area contributed by atoms with Gasteiger partial charge in [-0.25, -0.2) is 0 Å². The van der Waals surface area contributed by atoms with Crippen LogP contribution in [0.3, 0.4) is 0 Å². The number of hydrogen-bond donors (Lipinski definition) is 2. The molecule has 5 nitrogen and oxygen atoms in total. The lowest BCUT2D eigenvalue weighted by Gasteiger charge is -2.14. The third-order valence-corrected chi connectivity index (χ3v) is 3.30. The zero-order valence-electron chi connectivity index (χ0n) is 12.9. The van der Waals surface area contributed by atoms with Gasteiger partial charge in [0, 0.05) is 19.8 Å². The van der Waals surface area contributed by atoms with Crippen LogP contribution in [0, 0.1) is 0 Å². The number of aliphatic hydroxyl groups excluding tert-OH is 1. The van der Waals surface area contributed by atoms with E-state index in [4.69, 9.17) is 4.74 Å². The summed E-state index contributed by atoms with van der Waals surface area (Å²) in [5, 5.41) is 12.3. The van der Waals surface area contributed by atoms with Crippen molar-refractivity contribution in [3.05, 3.63) is 53.9 Å². The minimum absolute atomic E-state index is 0.0371. The molecule has 0 fully saturated rings. The fourth-order valence-corrected chi connectivity index (χ4v) is 1.99. The number of alkyl halides is 3. The number of aryl methyl sites for hydroxylation is 1. The molecule has 1 aromatic carbocycles. The molecule has 0 radical (unpaired) electrons. The smallest absolute Gasteiger partial charge is 0.416 e. The number of carbonyl (C=O) groups is 1. The van der Waals surface area contributed by atoms with E-state index in [1.54, 1.807) is 29.9 Å². The summed E-state index contributed by atoms with van der Waals surface area (Å²) in [7, 11) is 1.72. The first-order chi connectivity index (χ1) is 11.3. The van der Waals surface area contributed by atoms with Crippen molar-refractivity contribution in [3.8, 4) is 5.75 Å². The van der Waals surface area contributed by atoms with E-state index in [0.29, 0.717) is 5.69 Å². The van der Waals surface area contributed by atoms with Crippen molar-refractivity contribution in [2.45, 2.75) is 12.3 Å². The lowest BCUT2D eigenvalue weighted by molar-refractivity contribution is -0.137. The van der Waals surface area contributed by atoms with Gasteiger partial charge in [-0.3, -0.25) is 4.79 Å². The summed E-state index contributed by atoms with van der Waals surface area (Å²) < 4.78 is 44.1. The van der Waals surface area contributed by atoms with Gasteiger partial charge in [0.25, 0.3) is 5.91 Å². The maximum absolute atomic E-state index is 12.4. The molecule has 0 aliphatic carbocycles. The summed E-state index contributed by atoms with van der Waals surface area (Å²) in [6.07, 6.45) is -3.67. The Morgan fingerprint density at radius 2 is 1.96 bits per heavy atom. The van der Waals surface area contributed by atoms with Gasteiger partial charge in [0.15, 0.2) is 0 Å². The quantitative estimate of drug-likeness (QED) is 0.846. The van der Waals surface area contributed by atoms with E-state index in [2.05, 4.69) is 5.32 Å². The van der Waals surface area contributed by atoms with Crippen molar-refractivity contribution in [2.75, 3.05) is 13.2 Å². The Bertz CT molecular complexity index is 681. The molecule has 1 atom stereocenters. The Kier molecular flexibility index (Phi) is 5.50. The molecule has 0 spiro atoms. The number of nitrogens with zero attached hydrogens (tertiary/aromatic N) is 1. The monoisotopic (exact) mass is 342 g/mol. The molecule has 0 saturated carbocycles. The summed E-state index contributed by atoms with van der Waals surface area (Å²) >= 11 is 0. The molecule has 2 N–H and O–H groups in total. The van der Waals surface area contributed by atoms with Crippen LogP contribution in [0.1, 0.15) is 16.1 Å². The van der Waals surface area contributed by atoms with Gasteiger partial charge in [0.1, 0.15) is 24.2 Å². The van der Waals surface area contributed by atoms with Gasteiger partial charge in [-0.2, -0.15) is 13.2 Å². The highest BCUT2D eigenvalue weighted by Crippen LogP contribution is 2.30. The van der Waals surface area contributed by atoms with Crippen LogP contribution in [0.4, 0.5) is 13.2 Å². The molecule has 0 bridgehead atoms. The number of aliphatic hydroxyl groups is 1. The number of aromatic nitrogens is 1. The predicted octanol–water partition coefficient (Wildman–Crippen LogP) is 2.21. The predicted molar refractivity (Wildman–Crippen MR) is 80.7 cm³/mol. The molecule has 1 unspecified atom stereocenters. The highest BCUT2D eigenvalue weighted by Gasteiger charge is 2.30. The zero-order valence-corrected chi connectivity index (χ0v) is 12.9. The van der Waals surface area contributed by atoms with Gasteiger partial charge in [0.2, 0.25) is 0 Å². The van der Waals surface area contributed by atoms with Gasteiger partial charge >= 0.3 is 6.18 Å². The van der Waals surface area contributed by atoms with Crippen LogP contribution in [0.5, 0.6) is 5.75 Å². The molecular formula is C16H17F3N2O3. The number of amides is 1. The normalized spacial score (nSPS) is 12.7. The maximum Gasteiger partial charge on any atom is 0.416 e. The van der Waals surface area contributed by atoms with Crippen LogP contribution in [0.2, 0.25) is 0 Å². The first kappa shape index (κ1) is 17.9. The lowest BCUT2D eigenvalue weighted by Crippen LogP contribution is -2.36. The number of nitrogens with one attached hydrogen (secondary N) is 1. The molecule has 2 aromatic rings. The van der Waals surface area contributed by atoms with Gasteiger partial charge in [-0.15, -0.1) is 0 Å². The first-order valence-electron chi connectivity index (χ1n) is 7.15. The standard InChI is InChI=1S/C16H17F3N2O3/c1-21-8-2-3-14(21)15(23)20-9-12(22)10-24-13-6-4-11(5-7-13)16(17,18)19/h2-8,12,22H,9-10H2,1H3,(H,20,23). The summed E-state index contributed by atoms with van der Waals surface area (Å²) in [6, 6.07) is 7.52. The van der Waals surface area contributed by atoms with Crippen molar-refractivity contribution in [2.24, 2.45) is 7.05 Å². The van der Waals surface area contributed by atoms with E-state index in [-0.39, 0.29) is 24.8 Å². The van der Waals surface area contributed by atoms with Crippen molar-refractivity contribution in [1.29, 1.82) is 0 Å². The van der Waals surface area contributed by atoms with Crippen LogP contribution in [-0.2, 0) is 13.2 Å². The molecule has 0 saturated heterocycles. The number of ether oxygens (including phenoxy) is 1. The van der Waals surface area contributed by atoms with Gasteiger partial charge in [-0.05, 0) is 36.4 Å². The fraction of sp³-hybridized carbons (Fsp3) is 0.312. The Balaban J connectivity index is 1.78. The van der Waals surface area contributed by atoms with Gasteiger partial charge < -0.3 is 19.7 Å². The summed E-state index contributed by atoms with van der Waals surface area (Å²) in [6.45, 7) is -0.191. The molecule has 130 valence electrons. The Labute approximate surface area is 136 Å². The second-order valence-electron chi connectivity index (χ2n) is 5.20. The van der Waals surface area contributed by atoms with E-state index < -0.39 is 17.8 Å². The van der Waals surface area contributed by atoms with Crippen molar-refractivity contribution in [3.63, 3.8) is 0 Å². The Morgan fingerprint density at radius 3 is 2.50 bits per heavy atom. The molecule has 0 aliphatic rings. The third-order valence-electron chi connectivity index (χ3n) is 3.30. The topological polar surface area (TPSA) is 63.5 Å². The number of hydrogen-bond acceptors (Lipinski definition) is 3. The van der Waals surface area contributed by atoms with E-state index in [1.807, 2.05) is 0 Å². The van der Waals surface area contributed by atoms with E-state index in [1.165, 1.54) is 12.1 Å². The molecular weight excluding hydrogens is 325 g/mol. The molecule has 8 heteroatoms. The molecule has 1 heterocycles. The first-order valence-corrected chi connectivity index (χ1v) is 7.15. The molecule has 1 aromatic heterocycles. The lowest BCUT2D eigenvalue weighted by atomic mass is 10.2. The average Bonchev–Trinajstić information content (AvgIpc) is 2.96. The third kappa shape index (κ3) is 4.76. The molecule has 2 rings (SSSR count). The summed E-state index contributed by atoms with van der Waals surface area (Å²) in [4.78, 5) is 11.8. The zero-order chi connectivity index (χ0) is 17.7. The Hall–Kier alpha value is -2.48. The minimum Gasteiger partial charge on any atom is -0.491 e. The van der Waals surface area contributed by atoms with Crippen molar-refractivity contribution in [1.82, 2.24) is 9.88 Å². The molecule has 24 heavy (non-hydrogen) atoms. The van der Waals surface area contributed by atoms with E-state index in [0.717, 1.165) is 12.1 Å². The summed E-state index contributed by atoms with van der Waals surface area (Å²) in [5.74, 6) is -0.133. The van der Waals surface area contributed by atoms with Gasteiger partial charge in [-0.1, -0.05) is 0 Å². The minimum atomic E-state index is -4.40. The van der Waals surface area contributed by atoms with Crippen molar-refractivity contribution < 1.29 is 27.8 Å². The molecule has 0 aliphatic heterocycles. The van der Waals surface area contributed by atoms with E-state index >= 15 is 0 Å². The number of halogens is 3. The average molecular weight is 342 g/mol. The second kappa shape index (κ2) is 7.39. The second-order valence-corrected chi connectivity index (χ2v) is 5.20. The number of benzene rings is 1. The highest BCUT2D eigenvalue weighted by atomic mass is 19.4. The highest BCUT2D eigenvalue weighted by molar-refractivity contribution is 5.92. The summed E-state index contributed by atoms with van der Waals surface area (Å²) in [5.41, 5.74) is -0.323. The van der Waals surface area contributed by atoms with Crippen LogP contribution in [0.25, 0.3) is 0 Å². The largest absolute Gasteiger partial charge is 0.491 e. The molecule has 1 amide bonds. The number of carbonyl (C=O) groups excluding carboxylic acids is 1. The van der Waals surface area contributed by atoms with Crippen molar-refractivity contribution >= 4 is 5.91 Å². The number of rotatable bonds is 6.